The molecule has 8 nitrogen and oxygen atoms in total. The highest BCUT2D eigenvalue weighted by molar-refractivity contribution is 7.89. The molecule has 0 aliphatic carbocycles. The molecule has 1 aromatic rings. The average molecular weight is 345 g/mol. The molecule has 0 spiro atoms. The van der Waals surface area contributed by atoms with Crippen LogP contribution in [-0.4, -0.2) is 57.1 Å². The first kappa shape index (κ1) is 18.9. The van der Waals surface area contributed by atoms with Crippen molar-refractivity contribution < 1.29 is 32.6 Å². The van der Waals surface area contributed by atoms with Crippen molar-refractivity contribution in [1.82, 2.24) is 4.31 Å². The summed E-state index contributed by atoms with van der Waals surface area (Å²) in [6.45, 7) is 1.08. The summed E-state index contributed by atoms with van der Waals surface area (Å²) < 4.78 is 35.9. The molecule has 1 aromatic carbocycles. The van der Waals surface area contributed by atoms with Gasteiger partial charge in [0.25, 0.3) is 0 Å². The number of aliphatic carboxylic acids is 1. The molecule has 0 atom stereocenters. The molecule has 0 bridgehead atoms. The second kappa shape index (κ2) is 7.93. The van der Waals surface area contributed by atoms with E-state index in [2.05, 4.69) is 4.74 Å². The Morgan fingerprint density at radius 3 is 2.39 bits per heavy atom. The lowest BCUT2D eigenvalue weighted by Gasteiger charge is -2.21. The summed E-state index contributed by atoms with van der Waals surface area (Å²) >= 11 is 0. The second-order valence-electron chi connectivity index (χ2n) is 4.59. The van der Waals surface area contributed by atoms with Crippen LogP contribution < -0.4 is 4.74 Å². The van der Waals surface area contributed by atoms with Gasteiger partial charge >= 0.3 is 11.9 Å². The van der Waals surface area contributed by atoms with Crippen LogP contribution in [0.5, 0.6) is 5.75 Å². The number of hydrogen-bond donors (Lipinski definition) is 1. The van der Waals surface area contributed by atoms with Gasteiger partial charge in [-0.1, -0.05) is 6.92 Å². The van der Waals surface area contributed by atoms with Gasteiger partial charge in [0.2, 0.25) is 10.0 Å². The quantitative estimate of drug-likeness (QED) is 0.699. The maximum atomic E-state index is 12.7. The smallest absolute Gasteiger partial charge is 0.337 e. The molecule has 1 N–H and O–H groups in total. The van der Waals surface area contributed by atoms with Gasteiger partial charge in [0.05, 0.1) is 19.8 Å². The monoisotopic (exact) mass is 345 g/mol. The number of hydrogen-bond acceptors (Lipinski definition) is 6. The molecule has 0 amide bonds. The van der Waals surface area contributed by atoms with Crippen molar-refractivity contribution in [3.05, 3.63) is 23.8 Å². The van der Waals surface area contributed by atoms with Crippen LogP contribution in [0.3, 0.4) is 0 Å². The molecule has 0 saturated heterocycles. The summed E-state index contributed by atoms with van der Waals surface area (Å²) in [6, 6.07) is 3.81. The first-order chi connectivity index (χ1) is 10.8. The van der Waals surface area contributed by atoms with Gasteiger partial charge < -0.3 is 14.6 Å². The van der Waals surface area contributed by atoms with Gasteiger partial charge in [0.15, 0.2) is 0 Å². The third-order valence-corrected chi connectivity index (χ3v) is 4.85. The number of benzene rings is 1. The second-order valence-corrected chi connectivity index (χ2v) is 6.50. The number of methoxy groups -OCH3 is 2. The van der Waals surface area contributed by atoms with E-state index in [1.165, 1.54) is 26.4 Å². The van der Waals surface area contributed by atoms with Crippen molar-refractivity contribution >= 4 is 22.0 Å². The highest BCUT2D eigenvalue weighted by atomic mass is 32.2. The lowest BCUT2D eigenvalue weighted by molar-refractivity contribution is -0.137. The van der Waals surface area contributed by atoms with E-state index in [9.17, 15) is 18.0 Å². The van der Waals surface area contributed by atoms with Gasteiger partial charge in [-0.05, 0) is 24.6 Å². The number of carbonyl (C=O) groups excluding carboxylic acids is 1. The predicted molar refractivity (Wildman–Crippen MR) is 81.0 cm³/mol. The minimum Gasteiger partial charge on any atom is -0.495 e. The lowest BCUT2D eigenvalue weighted by atomic mass is 10.2. The molecule has 0 unspecified atom stereocenters. The molecule has 0 fully saturated rings. The van der Waals surface area contributed by atoms with Crippen LogP contribution in [0.2, 0.25) is 0 Å². The van der Waals surface area contributed by atoms with E-state index in [-0.39, 0.29) is 22.8 Å². The number of sulfonamides is 1. The summed E-state index contributed by atoms with van der Waals surface area (Å²) in [5, 5.41) is 8.92. The van der Waals surface area contributed by atoms with E-state index in [4.69, 9.17) is 9.84 Å². The van der Waals surface area contributed by atoms with Crippen LogP contribution in [0, 0.1) is 0 Å². The van der Waals surface area contributed by atoms with Gasteiger partial charge in [0.1, 0.15) is 17.2 Å². The van der Waals surface area contributed by atoms with E-state index in [0.29, 0.717) is 6.42 Å². The van der Waals surface area contributed by atoms with E-state index in [0.717, 1.165) is 10.4 Å². The highest BCUT2D eigenvalue weighted by Crippen LogP contribution is 2.28. The summed E-state index contributed by atoms with van der Waals surface area (Å²) in [4.78, 5) is 22.2. The third kappa shape index (κ3) is 4.42. The van der Waals surface area contributed by atoms with Crippen molar-refractivity contribution in [1.29, 1.82) is 0 Å². The van der Waals surface area contributed by atoms with E-state index in [1.54, 1.807) is 6.92 Å². The standard InChI is InChI=1S/C14H19NO7S/c1-4-7-15(9-13(16)17)23(19,20)12-8-10(14(18)22-3)5-6-11(12)21-2/h5-6,8H,4,7,9H2,1-3H3,(H,16,17). The number of esters is 1. The summed E-state index contributed by atoms with van der Waals surface area (Å²) in [7, 11) is -1.69. The fourth-order valence-corrected chi connectivity index (χ4v) is 3.61. The zero-order valence-corrected chi connectivity index (χ0v) is 13.9. The Morgan fingerprint density at radius 2 is 1.91 bits per heavy atom. The molecule has 0 aliphatic rings. The Bertz CT molecular complexity index is 684. The maximum Gasteiger partial charge on any atom is 0.337 e. The van der Waals surface area contributed by atoms with Crippen LogP contribution in [0.4, 0.5) is 0 Å². The van der Waals surface area contributed by atoms with Crippen LogP contribution in [0.1, 0.15) is 23.7 Å². The van der Waals surface area contributed by atoms with Gasteiger partial charge in [-0.15, -0.1) is 0 Å². The number of rotatable bonds is 8. The fraction of sp³-hybridized carbons (Fsp3) is 0.429. The molecule has 128 valence electrons. The van der Waals surface area contributed by atoms with Gasteiger partial charge in [-0.2, -0.15) is 4.31 Å². The van der Waals surface area contributed by atoms with Gasteiger partial charge in [-0.25, -0.2) is 13.2 Å². The van der Waals surface area contributed by atoms with Crippen molar-refractivity contribution in [2.75, 3.05) is 27.3 Å². The van der Waals surface area contributed by atoms with E-state index < -0.39 is 28.5 Å². The first-order valence-corrected chi connectivity index (χ1v) is 8.20. The molecule has 0 aromatic heterocycles. The van der Waals surface area contributed by atoms with E-state index in [1.807, 2.05) is 0 Å². The number of nitrogens with zero attached hydrogens (tertiary/aromatic N) is 1. The Kier molecular flexibility index (Phi) is 6.52. The maximum absolute atomic E-state index is 12.7. The van der Waals surface area contributed by atoms with Crippen LogP contribution >= 0.6 is 0 Å². The molecule has 9 heteroatoms. The average Bonchev–Trinajstić information content (AvgIpc) is 2.52. The molecular formula is C14H19NO7S. The van der Waals surface area contributed by atoms with Crippen LogP contribution in [0.25, 0.3) is 0 Å². The molecule has 23 heavy (non-hydrogen) atoms. The SMILES string of the molecule is CCCN(CC(=O)O)S(=O)(=O)c1cc(C(=O)OC)ccc1OC. The third-order valence-electron chi connectivity index (χ3n) is 2.99. The number of carboxylic acids is 1. The Labute approximate surface area is 134 Å². The Balaban J connectivity index is 3.43. The van der Waals surface area contributed by atoms with Crippen LogP contribution in [0.15, 0.2) is 23.1 Å². The molecule has 0 heterocycles. The van der Waals surface area contributed by atoms with Crippen LogP contribution in [-0.2, 0) is 19.6 Å². The van der Waals surface area contributed by atoms with Crippen molar-refractivity contribution in [3.63, 3.8) is 0 Å². The first-order valence-electron chi connectivity index (χ1n) is 6.76. The van der Waals surface area contributed by atoms with Crippen molar-refractivity contribution in [3.8, 4) is 5.75 Å². The Hall–Kier alpha value is -2.13. The molecule has 0 aliphatic heterocycles. The zero-order valence-electron chi connectivity index (χ0n) is 13.1. The normalized spacial score (nSPS) is 11.3. The summed E-state index contributed by atoms with van der Waals surface area (Å²) in [5.74, 6) is -1.96. The van der Waals surface area contributed by atoms with Gasteiger partial charge in [0, 0.05) is 6.54 Å². The van der Waals surface area contributed by atoms with Gasteiger partial charge in [-0.3, -0.25) is 4.79 Å². The largest absolute Gasteiger partial charge is 0.495 e. The predicted octanol–water partition coefficient (Wildman–Crippen LogP) is 0.967. The summed E-state index contributed by atoms with van der Waals surface area (Å²) in [6.07, 6.45) is 0.436. The number of carboxylic acid groups (broad SMARTS) is 1. The highest BCUT2D eigenvalue weighted by Gasteiger charge is 2.30. The number of carbonyl (C=O) groups is 2. The van der Waals surface area contributed by atoms with Crippen molar-refractivity contribution in [2.24, 2.45) is 0 Å². The molecular weight excluding hydrogens is 326 g/mol. The topological polar surface area (TPSA) is 110 Å². The number of ether oxygens (including phenoxy) is 2. The molecule has 0 radical (unpaired) electrons. The minimum atomic E-state index is -4.15. The summed E-state index contributed by atoms with van der Waals surface area (Å²) in [5.41, 5.74) is 0.0265. The fourth-order valence-electron chi connectivity index (χ4n) is 1.95. The van der Waals surface area contributed by atoms with E-state index >= 15 is 0 Å². The lowest BCUT2D eigenvalue weighted by Crippen LogP contribution is -2.36. The minimum absolute atomic E-state index is 0.0177. The Morgan fingerprint density at radius 1 is 1.26 bits per heavy atom. The molecule has 0 saturated carbocycles. The molecule has 1 rings (SSSR count). The van der Waals surface area contributed by atoms with Crippen molar-refractivity contribution in [2.45, 2.75) is 18.2 Å². The zero-order chi connectivity index (χ0) is 17.6.